The maximum Gasteiger partial charge on any atom is 0.278 e. The Morgan fingerprint density at radius 3 is 2.81 bits per heavy atom. The molecule has 4 rings (SSSR count). The number of carbonyl (C=O) groups excluding carboxylic acids is 1. The van der Waals surface area contributed by atoms with Gasteiger partial charge in [-0.15, -0.1) is 5.10 Å². The summed E-state index contributed by atoms with van der Waals surface area (Å²) in [4.78, 5) is 12.6. The molecule has 1 amide bonds. The van der Waals surface area contributed by atoms with Gasteiger partial charge in [-0.2, -0.15) is 0 Å². The van der Waals surface area contributed by atoms with Gasteiger partial charge in [-0.3, -0.25) is 4.79 Å². The number of rotatable bonds is 3. The molecular formula is C19H16ClFN4O2. The maximum absolute atomic E-state index is 13.1. The summed E-state index contributed by atoms with van der Waals surface area (Å²) in [6, 6.07) is 11.5. The first-order valence-electron chi connectivity index (χ1n) is 8.38. The topological polar surface area (TPSA) is 69.0 Å². The number of fused-ring (bicyclic) bond motifs is 1. The molecule has 1 atom stereocenters. The quantitative estimate of drug-likeness (QED) is 0.741. The van der Waals surface area contributed by atoms with Crippen LogP contribution in [0.2, 0.25) is 5.02 Å². The van der Waals surface area contributed by atoms with E-state index < -0.39 is 5.91 Å². The van der Waals surface area contributed by atoms with Crippen LogP contribution in [0, 0.1) is 12.7 Å². The lowest BCUT2D eigenvalue weighted by Crippen LogP contribution is -2.24. The minimum Gasteiger partial charge on any atom is -0.365 e. The Morgan fingerprint density at radius 1 is 1.30 bits per heavy atom. The number of anilines is 1. The fourth-order valence-electron chi connectivity index (χ4n) is 2.97. The average Bonchev–Trinajstić information content (AvgIpc) is 3.08. The largest absolute Gasteiger partial charge is 0.365 e. The monoisotopic (exact) mass is 386 g/mol. The van der Waals surface area contributed by atoms with Crippen molar-refractivity contribution in [1.29, 1.82) is 0 Å². The lowest BCUT2D eigenvalue weighted by atomic mass is 10.1. The number of aryl methyl sites for hydroxylation is 1. The first-order valence-corrected chi connectivity index (χ1v) is 8.76. The smallest absolute Gasteiger partial charge is 0.278 e. The Hall–Kier alpha value is -2.77. The predicted molar refractivity (Wildman–Crippen MR) is 98.1 cm³/mol. The fraction of sp³-hybridized carbons (Fsp3) is 0.211. The summed E-state index contributed by atoms with van der Waals surface area (Å²) in [5.41, 5.74) is 3.14. The Balaban J connectivity index is 1.52. The van der Waals surface area contributed by atoms with Gasteiger partial charge >= 0.3 is 0 Å². The van der Waals surface area contributed by atoms with Crippen LogP contribution < -0.4 is 5.32 Å². The van der Waals surface area contributed by atoms with E-state index in [1.807, 2.05) is 13.0 Å². The van der Waals surface area contributed by atoms with Gasteiger partial charge in [0.05, 0.1) is 29.6 Å². The van der Waals surface area contributed by atoms with E-state index in [4.69, 9.17) is 16.3 Å². The third-order valence-corrected chi connectivity index (χ3v) is 4.74. The molecule has 0 bridgehead atoms. The summed E-state index contributed by atoms with van der Waals surface area (Å²) in [6.07, 6.45) is -0.276. The second kappa shape index (κ2) is 7.09. The van der Waals surface area contributed by atoms with Crippen LogP contribution >= 0.6 is 11.6 Å². The number of nitrogens with one attached hydrogen (secondary N) is 1. The number of carbonyl (C=O) groups is 1. The minimum absolute atomic E-state index is 0.180. The van der Waals surface area contributed by atoms with Crippen LogP contribution in [0.25, 0.3) is 0 Å². The molecule has 0 unspecified atom stereocenters. The number of benzene rings is 2. The van der Waals surface area contributed by atoms with Gasteiger partial charge in [0, 0.05) is 0 Å². The molecule has 1 N–H and O–H groups in total. The molecule has 0 fully saturated rings. The number of ether oxygens (including phenoxy) is 1. The van der Waals surface area contributed by atoms with Crippen LogP contribution in [0.3, 0.4) is 0 Å². The van der Waals surface area contributed by atoms with Crippen molar-refractivity contribution in [2.45, 2.75) is 26.2 Å². The van der Waals surface area contributed by atoms with Gasteiger partial charge in [-0.1, -0.05) is 35.0 Å². The third-order valence-electron chi connectivity index (χ3n) is 4.43. The molecule has 0 saturated heterocycles. The molecule has 2 aromatic carbocycles. The molecule has 6 nitrogen and oxygen atoms in total. The first-order chi connectivity index (χ1) is 13.0. The summed E-state index contributed by atoms with van der Waals surface area (Å²) in [6.45, 7) is 2.49. The van der Waals surface area contributed by atoms with Gasteiger partial charge in [0.1, 0.15) is 11.9 Å². The Bertz CT molecular complexity index is 1000. The van der Waals surface area contributed by atoms with Crippen LogP contribution in [0.5, 0.6) is 0 Å². The van der Waals surface area contributed by atoms with E-state index in [1.54, 1.807) is 28.9 Å². The molecular weight excluding hydrogens is 371 g/mol. The van der Waals surface area contributed by atoms with Gasteiger partial charge in [-0.25, -0.2) is 9.07 Å². The molecule has 0 saturated carbocycles. The standard InChI is InChI=1S/C19H16ClFN4O2/c1-11-2-7-15(14(20)8-11)22-19(26)18-16-10-27-17(9-25(16)24-23-18)12-3-5-13(21)6-4-12/h2-8,17H,9-10H2,1H3,(H,22,26)/t17-/m1/s1. The van der Waals surface area contributed by atoms with Crippen LogP contribution in [-0.4, -0.2) is 20.9 Å². The van der Waals surface area contributed by atoms with Crippen molar-refractivity contribution in [3.05, 3.63) is 75.8 Å². The van der Waals surface area contributed by atoms with Crippen molar-refractivity contribution in [3.63, 3.8) is 0 Å². The minimum atomic E-state index is -0.397. The number of amides is 1. The zero-order valence-corrected chi connectivity index (χ0v) is 15.2. The second-order valence-electron chi connectivity index (χ2n) is 6.36. The Labute approximate surface area is 159 Å². The van der Waals surface area contributed by atoms with Crippen molar-refractivity contribution in [1.82, 2.24) is 15.0 Å². The van der Waals surface area contributed by atoms with Crippen LogP contribution in [0.4, 0.5) is 10.1 Å². The van der Waals surface area contributed by atoms with E-state index >= 15 is 0 Å². The van der Waals surface area contributed by atoms with E-state index in [1.165, 1.54) is 12.1 Å². The van der Waals surface area contributed by atoms with E-state index in [-0.39, 0.29) is 24.2 Å². The highest BCUT2D eigenvalue weighted by atomic mass is 35.5. The highest BCUT2D eigenvalue weighted by molar-refractivity contribution is 6.34. The van der Waals surface area contributed by atoms with Gasteiger partial charge in [0.25, 0.3) is 5.91 Å². The van der Waals surface area contributed by atoms with Crippen molar-refractivity contribution in [3.8, 4) is 0 Å². The molecule has 1 aromatic heterocycles. The highest BCUT2D eigenvalue weighted by Gasteiger charge is 2.28. The SMILES string of the molecule is Cc1ccc(NC(=O)c2nnn3c2CO[C@@H](c2ccc(F)cc2)C3)c(Cl)c1. The predicted octanol–water partition coefficient (Wildman–Crippen LogP) is 3.90. The second-order valence-corrected chi connectivity index (χ2v) is 6.76. The van der Waals surface area contributed by atoms with Crippen molar-refractivity contribution in [2.75, 3.05) is 5.32 Å². The number of hydrogen-bond donors (Lipinski definition) is 1. The van der Waals surface area contributed by atoms with Crippen molar-refractivity contribution < 1.29 is 13.9 Å². The summed E-state index contributed by atoms with van der Waals surface area (Å²) in [7, 11) is 0. The van der Waals surface area contributed by atoms with Gasteiger partial charge in [0.2, 0.25) is 0 Å². The summed E-state index contributed by atoms with van der Waals surface area (Å²) < 4.78 is 20.6. The molecule has 0 spiro atoms. The number of hydrogen-bond acceptors (Lipinski definition) is 4. The van der Waals surface area contributed by atoms with Gasteiger partial charge in [-0.05, 0) is 42.3 Å². The zero-order chi connectivity index (χ0) is 19.0. The van der Waals surface area contributed by atoms with Crippen LogP contribution in [-0.2, 0) is 17.9 Å². The number of nitrogens with zero attached hydrogens (tertiary/aromatic N) is 3. The summed E-state index contributed by atoms with van der Waals surface area (Å²) in [5.74, 6) is -0.699. The Morgan fingerprint density at radius 2 is 2.07 bits per heavy atom. The summed E-state index contributed by atoms with van der Waals surface area (Å²) in [5, 5.41) is 11.3. The van der Waals surface area contributed by atoms with Crippen LogP contribution in [0.1, 0.15) is 33.4 Å². The molecule has 2 heterocycles. The van der Waals surface area contributed by atoms with Gasteiger partial charge in [0.15, 0.2) is 5.69 Å². The number of halogens is 2. The molecule has 27 heavy (non-hydrogen) atoms. The van der Waals surface area contributed by atoms with Crippen molar-refractivity contribution in [2.24, 2.45) is 0 Å². The molecule has 0 radical (unpaired) electrons. The summed E-state index contributed by atoms with van der Waals surface area (Å²) >= 11 is 6.17. The molecule has 3 aromatic rings. The third kappa shape index (κ3) is 3.56. The molecule has 138 valence electrons. The van der Waals surface area contributed by atoms with E-state index in [0.717, 1.165) is 11.1 Å². The Kier molecular flexibility index (Phi) is 4.63. The molecule has 1 aliphatic heterocycles. The zero-order valence-electron chi connectivity index (χ0n) is 14.4. The normalized spacial score (nSPS) is 16.0. The molecule has 1 aliphatic rings. The fourth-order valence-corrected chi connectivity index (χ4v) is 3.25. The van der Waals surface area contributed by atoms with E-state index in [2.05, 4.69) is 15.6 Å². The average molecular weight is 387 g/mol. The lowest BCUT2D eigenvalue weighted by molar-refractivity contribution is -0.00174. The van der Waals surface area contributed by atoms with E-state index in [0.29, 0.717) is 22.9 Å². The van der Waals surface area contributed by atoms with E-state index in [9.17, 15) is 9.18 Å². The lowest BCUT2D eigenvalue weighted by Gasteiger charge is -2.24. The van der Waals surface area contributed by atoms with Gasteiger partial charge < -0.3 is 10.1 Å². The highest BCUT2D eigenvalue weighted by Crippen LogP contribution is 2.28. The molecule has 8 heteroatoms. The molecule has 0 aliphatic carbocycles. The first kappa shape index (κ1) is 17.6. The van der Waals surface area contributed by atoms with Crippen molar-refractivity contribution >= 4 is 23.2 Å². The van der Waals surface area contributed by atoms with Crippen LogP contribution in [0.15, 0.2) is 42.5 Å². The number of aromatic nitrogens is 3. The maximum atomic E-state index is 13.1.